The summed E-state index contributed by atoms with van der Waals surface area (Å²) in [6, 6.07) is 5.23. The summed E-state index contributed by atoms with van der Waals surface area (Å²) in [4.78, 5) is 51.6. The largest absolute Gasteiger partial charge is 0.454 e. The van der Waals surface area contributed by atoms with E-state index in [1.807, 2.05) is 6.92 Å². The van der Waals surface area contributed by atoms with Crippen LogP contribution in [0.25, 0.3) is 0 Å². The Labute approximate surface area is 174 Å². The molecule has 2 fully saturated rings. The molecule has 1 aliphatic carbocycles. The number of halogens is 1. The van der Waals surface area contributed by atoms with Gasteiger partial charge in [0, 0.05) is 13.6 Å². The normalized spacial score (nSPS) is 23.4. The Morgan fingerprint density at radius 1 is 1.33 bits per heavy atom. The number of hydrogen-bond donors (Lipinski definition) is 1. The van der Waals surface area contributed by atoms with Crippen LogP contribution in [0.3, 0.4) is 0 Å². The first-order valence-corrected chi connectivity index (χ1v) is 10.0. The highest BCUT2D eigenvalue weighted by Crippen LogP contribution is 2.38. The fourth-order valence-electron chi connectivity index (χ4n) is 4.06. The van der Waals surface area contributed by atoms with Crippen LogP contribution in [0.5, 0.6) is 0 Å². The van der Waals surface area contributed by atoms with Crippen molar-refractivity contribution in [3.63, 3.8) is 0 Å². The van der Waals surface area contributed by atoms with Crippen LogP contribution in [0.4, 0.5) is 9.18 Å². The molecule has 2 aliphatic rings. The van der Waals surface area contributed by atoms with Gasteiger partial charge in [0.1, 0.15) is 17.9 Å². The van der Waals surface area contributed by atoms with E-state index in [0.29, 0.717) is 12.0 Å². The number of nitrogens with zero attached hydrogens (tertiary/aromatic N) is 2. The molecule has 1 spiro atoms. The lowest BCUT2D eigenvalue weighted by Crippen LogP contribution is -2.54. The molecule has 1 saturated carbocycles. The second-order valence-corrected chi connectivity index (χ2v) is 7.98. The maximum Gasteiger partial charge on any atom is 0.326 e. The van der Waals surface area contributed by atoms with Gasteiger partial charge in [0.25, 0.3) is 11.8 Å². The first-order valence-electron chi connectivity index (χ1n) is 10.0. The SMILES string of the molecule is C[C@H]1CCCC[C@]12NC(=O)N(CC(=O)OCC(=O)N(C)Cc1cccc(F)c1)C2=O. The van der Waals surface area contributed by atoms with Crippen molar-refractivity contribution in [3.8, 4) is 0 Å². The Bertz CT molecular complexity index is 861. The lowest BCUT2D eigenvalue weighted by Gasteiger charge is -2.36. The number of ether oxygens (including phenoxy) is 1. The van der Waals surface area contributed by atoms with Crippen LogP contribution < -0.4 is 5.32 Å². The quantitative estimate of drug-likeness (QED) is 0.561. The summed E-state index contributed by atoms with van der Waals surface area (Å²) in [5.74, 6) is -2.15. The number of carbonyl (C=O) groups excluding carboxylic acids is 4. The summed E-state index contributed by atoms with van der Waals surface area (Å²) in [6.07, 6.45) is 3.21. The van der Waals surface area contributed by atoms with Crippen molar-refractivity contribution >= 4 is 23.8 Å². The highest BCUT2D eigenvalue weighted by molar-refractivity contribution is 6.09. The first kappa shape index (κ1) is 21.7. The van der Waals surface area contributed by atoms with E-state index < -0.39 is 48.3 Å². The third-order valence-electron chi connectivity index (χ3n) is 5.88. The number of rotatable bonds is 6. The van der Waals surface area contributed by atoms with Crippen LogP contribution in [0, 0.1) is 11.7 Å². The van der Waals surface area contributed by atoms with Crippen LogP contribution in [-0.2, 0) is 25.7 Å². The van der Waals surface area contributed by atoms with Crippen molar-refractivity contribution in [2.24, 2.45) is 5.92 Å². The summed E-state index contributed by atoms with van der Waals surface area (Å²) in [5, 5.41) is 2.76. The van der Waals surface area contributed by atoms with Crippen molar-refractivity contribution < 1.29 is 28.3 Å². The van der Waals surface area contributed by atoms with E-state index in [1.54, 1.807) is 12.1 Å². The molecular formula is C21H26FN3O5. The molecule has 0 bridgehead atoms. The van der Waals surface area contributed by atoms with E-state index in [1.165, 1.54) is 24.1 Å². The number of nitrogens with one attached hydrogen (secondary N) is 1. The highest BCUT2D eigenvalue weighted by atomic mass is 19.1. The monoisotopic (exact) mass is 419 g/mol. The van der Waals surface area contributed by atoms with Gasteiger partial charge in [-0.15, -0.1) is 0 Å². The van der Waals surface area contributed by atoms with Crippen LogP contribution in [0.2, 0.25) is 0 Å². The van der Waals surface area contributed by atoms with Crippen LogP contribution in [0.15, 0.2) is 24.3 Å². The van der Waals surface area contributed by atoms with Crippen molar-refractivity contribution in [1.82, 2.24) is 15.1 Å². The Balaban J connectivity index is 1.51. The molecule has 1 heterocycles. The van der Waals surface area contributed by atoms with E-state index >= 15 is 0 Å². The predicted molar refractivity (Wildman–Crippen MR) is 104 cm³/mol. The summed E-state index contributed by atoms with van der Waals surface area (Å²) in [5.41, 5.74) is -0.347. The molecule has 9 heteroatoms. The molecular weight excluding hydrogens is 393 g/mol. The van der Waals surface area contributed by atoms with Crippen LogP contribution in [-0.4, -0.2) is 59.4 Å². The Kier molecular flexibility index (Phi) is 6.38. The molecule has 3 rings (SSSR count). The standard InChI is InChI=1S/C21H26FN3O5/c1-14-6-3-4-9-21(14)19(28)25(20(29)23-21)12-18(27)30-13-17(26)24(2)11-15-7-5-8-16(22)10-15/h5,7-8,10,14H,3-4,6,9,11-13H2,1-2H3,(H,23,29)/t14-,21-/m0/s1. The van der Waals surface area contributed by atoms with Gasteiger partial charge in [-0.1, -0.05) is 31.9 Å². The number of amides is 4. The molecule has 8 nitrogen and oxygen atoms in total. The minimum absolute atomic E-state index is 0.0122. The average Bonchev–Trinajstić information content (AvgIpc) is 2.93. The summed E-state index contributed by atoms with van der Waals surface area (Å²) in [6.45, 7) is 1.00. The molecule has 0 unspecified atom stereocenters. The third kappa shape index (κ3) is 4.44. The minimum atomic E-state index is -0.948. The predicted octanol–water partition coefficient (Wildman–Crippen LogP) is 1.83. The number of hydrogen-bond acceptors (Lipinski definition) is 5. The van der Waals surface area contributed by atoms with Gasteiger partial charge in [-0.2, -0.15) is 0 Å². The summed E-state index contributed by atoms with van der Waals surface area (Å²) in [7, 11) is 1.51. The van der Waals surface area contributed by atoms with Gasteiger partial charge < -0.3 is 15.0 Å². The highest BCUT2D eigenvalue weighted by Gasteiger charge is 2.55. The van der Waals surface area contributed by atoms with E-state index in [-0.39, 0.29) is 12.5 Å². The fraction of sp³-hybridized carbons (Fsp3) is 0.524. The lowest BCUT2D eigenvalue weighted by molar-refractivity contribution is -0.153. The number of carbonyl (C=O) groups is 4. The number of esters is 1. The van der Waals surface area contributed by atoms with Gasteiger partial charge in [-0.3, -0.25) is 19.3 Å². The molecule has 0 aromatic heterocycles. The van der Waals surface area contributed by atoms with E-state index in [9.17, 15) is 23.6 Å². The zero-order valence-electron chi connectivity index (χ0n) is 17.2. The van der Waals surface area contributed by atoms with Crippen LogP contribution in [0.1, 0.15) is 38.2 Å². The van der Waals surface area contributed by atoms with Crippen LogP contribution >= 0.6 is 0 Å². The van der Waals surface area contributed by atoms with Gasteiger partial charge in [0.05, 0.1) is 0 Å². The van der Waals surface area contributed by atoms with Gasteiger partial charge in [0.2, 0.25) is 0 Å². The number of urea groups is 1. The zero-order valence-corrected chi connectivity index (χ0v) is 17.2. The third-order valence-corrected chi connectivity index (χ3v) is 5.88. The van der Waals surface area contributed by atoms with Crippen molar-refractivity contribution in [1.29, 1.82) is 0 Å². The molecule has 1 aromatic carbocycles. The van der Waals surface area contributed by atoms with Crippen molar-refractivity contribution in [2.75, 3.05) is 20.2 Å². The summed E-state index contributed by atoms with van der Waals surface area (Å²) < 4.78 is 18.2. The smallest absolute Gasteiger partial charge is 0.326 e. The number of likely N-dealkylation sites (N-methyl/N-ethyl adjacent to an activating group) is 1. The molecule has 2 atom stereocenters. The molecule has 1 aliphatic heterocycles. The van der Waals surface area contributed by atoms with E-state index in [0.717, 1.165) is 24.2 Å². The topological polar surface area (TPSA) is 96.0 Å². The average molecular weight is 419 g/mol. The minimum Gasteiger partial charge on any atom is -0.454 e. The van der Waals surface area contributed by atoms with E-state index in [4.69, 9.17) is 4.74 Å². The lowest BCUT2D eigenvalue weighted by atomic mass is 9.73. The van der Waals surface area contributed by atoms with Crippen molar-refractivity contribution in [2.45, 2.75) is 44.7 Å². The van der Waals surface area contributed by atoms with Crippen molar-refractivity contribution in [3.05, 3.63) is 35.6 Å². The Hall–Kier alpha value is -2.97. The Morgan fingerprint density at radius 3 is 2.80 bits per heavy atom. The second kappa shape index (κ2) is 8.81. The maximum atomic E-state index is 13.2. The molecule has 1 aromatic rings. The van der Waals surface area contributed by atoms with Gasteiger partial charge in [0.15, 0.2) is 6.61 Å². The molecule has 162 valence electrons. The molecule has 1 saturated heterocycles. The number of imide groups is 1. The van der Waals surface area contributed by atoms with Gasteiger partial charge in [-0.05, 0) is 36.5 Å². The molecule has 4 amide bonds. The van der Waals surface area contributed by atoms with Gasteiger partial charge >= 0.3 is 12.0 Å². The van der Waals surface area contributed by atoms with Gasteiger partial charge in [-0.25, -0.2) is 9.18 Å². The maximum absolute atomic E-state index is 13.2. The van der Waals surface area contributed by atoms with E-state index in [2.05, 4.69) is 5.32 Å². The molecule has 1 N–H and O–H groups in total. The fourth-order valence-corrected chi connectivity index (χ4v) is 4.06. The first-order chi connectivity index (χ1) is 14.2. The number of benzene rings is 1. The zero-order chi connectivity index (χ0) is 21.9. The Morgan fingerprint density at radius 2 is 2.10 bits per heavy atom. The summed E-state index contributed by atoms with van der Waals surface area (Å²) >= 11 is 0. The molecule has 30 heavy (non-hydrogen) atoms. The second-order valence-electron chi connectivity index (χ2n) is 7.98. The molecule has 0 radical (unpaired) electrons.